The standard InChI is InChI=1S/C13H21NO3/c1-6-10-7-8-11(14(10)9(2)15)12(16)17-13(3,4)5/h6,10-11H,1,7-8H2,2-5H3/t10-,11+/m0/s1. The molecule has 0 N–H and O–H groups in total. The molecule has 1 heterocycles. The highest BCUT2D eigenvalue weighted by molar-refractivity contribution is 5.84. The van der Waals surface area contributed by atoms with Gasteiger partial charge in [0.25, 0.3) is 0 Å². The number of hydrogen-bond acceptors (Lipinski definition) is 3. The van der Waals surface area contributed by atoms with Gasteiger partial charge in [-0.1, -0.05) is 6.08 Å². The Kier molecular flexibility index (Phi) is 3.96. The Bertz CT molecular complexity index is 330. The Morgan fingerprint density at radius 3 is 2.35 bits per heavy atom. The lowest BCUT2D eigenvalue weighted by atomic mass is 10.1. The number of esters is 1. The molecule has 1 rings (SSSR count). The lowest BCUT2D eigenvalue weighted by Gasteiger charge is -2.29. The van der Waals surface area contributed by atoms with Gasteiger partial charge in [0.1, 0.15) is 11.6 Å². The van der Waals surface area contributed by atoms with Gasteiger partial charge in [0, 0.05) is 6.92 Å². The quantitative estimate of drug-likeness (QED) is 0.546. The molecule has 0 spiro atoms. The maximum atomic E-state index is 12.0. The van der Waals surface area contributed by atoms with Crippen LogP contribution in [0.2, 0.25) is 0 Å². The van der Waals surface area contributed by atoms with Gasteiger partial charge in [-0.3, -0.25) is 4.79 Å². The van der Waals surface area contributed by atoms with Crippen molar-refractivity contribution in [2.45, 2.75) is 58.2 Å². The van der Waals surface area contributed by atoms with Crippen LogP contribution >= 0.6 is 0 Å². The van der Waals surface area contributed by atoms with Crippen molar-refractivity contribution in [3.63, 3.8) is 0 Å². The number of nitrogens with zero attached hydrogens (tertiary/aromatic N) is 1. The predicted octanol–water partition coefficient (Wildman–Crippen LogP) is 1.89. The minimum atomic E-state index is -0.522. The largest absolute Gasteiger partial charge is 0.458 e. The van der Waals surface area contributed by atoms with Crippen molar-refractivity contribution in [1.82, 2.24) is 4.90 Å². The number of ether oxygens (including phenoxy) is 1. The van der Waals surface area contributed by atoms with E-state index in [2.05, 4.69) is 6.58 Å². The third-order valence-electron chi connectivity index (χ3n) is 2.74. The first-order chi connectivity index (χ1) is 7.76. The average molecular weight is 239 g/mol. The summed E-state index contributed by atoms with van der Waals surface area (Å²) in [5.74, 6) is -0.430. The van der Waals surface area contributed by atoms with E-state index in [1.165, 1.54) is 6.92 Å². The van der Waals surface area contributed by atoms with Gasteiger partial charge >= 0.3 is 5.97 Å². The molecule has 2 atom stereocenters. The highest BCUT2D eigenvalue weighted by atomic mass is 16.6. The van der Waals surface area contributed by atoms with E-state index in [9.17, 15) is 9.59 Å². The summed E-state index contributed by atoms with van der Waals surface area (Å²) in [6.45, 7) is 10.6. The van der Waals surface area contributed by atoms with Gasteiger partial charge in [0.2, 0.25) is 5.91 Å². The van der Waals surface area contributed by atoms with Crippen LogP contribution in [-0.4, -0.2) is 34.5 Å². The molecule has 1 aliphatic heterocycles. The van der Waals surface area contributed by atoms with Crippen LogP contribution in [0.1, 0.15) is 40.5 Å². The van der Waals surface area contributed by atoms with Gasteiger partial charge in [-0.15, -0.1) is 6.58 Å². The predicted molar refractivity (Wildman–Crippen MR) is 65.4 cm³/mol. The number of amides is 1. The van der Waals surface area contributed by atoms with Gasteiger partial charge in [0.15, 0.2) is 0 Å². The van der Waals surface area contributed by atoms with Crippen molar-refractivity contribution in [2.75, 3.05) is 0 Å². The summed E-state index contributed by atoms with van der Waals surface area (Å²) < 4.78 is 5.33. The van der Waals surface area contributed by atoms with Crippen LogP contribution in [0.15, 0.2) is 12.7 Å². The average Bonchev–Trinajstić information content (AvgIpc) is 2.57. The summed E-state index contributed by atoms with van der Waals surface area (Å²) in [7, 11) is 0. The molecule has 17 heavy (non-hydrogen) atoms. The van der Waals surface area contributed by atoms with E-state index in [-0.39, 0.29) is 17.9 Å². The van der Waals surface area contributed by atoms with Crippen LogP contribution in [0.3, 0.4) is 0 Å². The highest BCUT2D eigenvalue weighted by Gasteiger charge is 2.40. The summed E-state index contributed by atoms with van der Waals surface area (Å²) in [6, 6.07) is -0.514. The van der Waals surface area contributed by atoms with E-state index >= 15 is 0 Å². The Balaban J connectivity index is 2.80. The van der Waals surface area contributed by atoms with Crippen molar-refractivity contribution in [1.29, 1.82) is 0 Å². The number of rotatable bonds is 2. The van der Waals surface area contributed by atoms with E-state index in [1.54, 1.807) is 11.0 Å². The third-order valence-corrected chi connectivity index (χ3v) is 2.74. The van der Waals surface area contributed by atoms with Crippen molar-refractivity contribution in [3.8, 4) is 0 Å². The van der Waals surface area contributed by atoms with Gasteiger partial charge in [-0.05, 0) is 33.6 Å². The number of likely N-dealkylation sites (tertiary alicyclic amines) is 1. The molecule has 1 fully saturated rings. The monoisotopic (exact) mass is 239 g/mol. The van der Waals surface area contributed by atoms with Crippen LogP contribution in [0.4, 0.5) is 0 Å². The molecular formula is C13H21NO3. The zero-order valence-corrected chi connectivity index (χ0v) is 11.0. The fraction of sp³-hybridized carbons (Fsp3) is 0.692. The van der Waals surface area contributed by atoms with E-state index in [0.717, 1.165) is 6.42 Å². The van der Waals surface area contributed by atoms with Crippen molar-refractivity contribution in [2.24, 2.45) is 0 Å². The van der Waals surface area contributed by atoms with Crippen LogP contribution in [0.5, 0.6) is 0 Å². The lowest BCUT2D eigenvalue weighted by molar-refractivity contribution is -0.163. The van der Waals surface area contributed by atoms with Gasteiger partial charge in [0.05, 0.1) is 6.04 Å². The topological polar surface area (TPSA) is 46.6 Å². The minimum Gasteiger partial charge on any atom is -0.458 e. The summed E-state index contributed by atoms with van der Waals surface area (Å²) in [5, 5.41) is 0. The van der Waals surface area contributed by atoms with E-state index in [1.807, 2.05) is 20.8 Å². The fourth-order valence-electron chi connectivity index (χ4n) is 2.12. The molecule has 0 aliphatic carbocycles. The molecule has 0 saturated carbocycles. The molecule has 0 unspecified atom stereocenters. The summed E-state index contributed by atoms with van der Waals surface area (Å²) in [5.41, 5.74) is -0.522. The molecule has 0 aromatic rings. The molecule has 1 saturated heterocycles. The maximum Gasteiger partial charge on any atom is 0.329 e. The molecule has 1 aliphatic rings. The summed E-state index contributed by atoms with van der Waals surface area (Å²) in [4.78, 5) is 25.1. The van der Waals surface area contributed by atoms with E-state index in [0.29, 0.717) is 6.42 Å². The molecule has 1 amide bonds. The fourth-order valence-corrected chi connectivity index (χ4v) is 2.12. The number of carbonyl (C=O) groups excluding carboxylic acids is 2. The molecule has 4 nitrogen and oxygen atoms in total. The molecular weight excluding hydrogens is 218 g/mol. The minimum absolute atomic E-state index is 0.0509. The number of carbonyl (C=O) groups is 2. The molecule has 4 heteroatoms. The third kappa shape index (κ3) is 3.32. The second-order valence-corrected chi connectivity index (χ2v) is 5.36. The SMILES string of the molecule is C=C[C@H]1CC[C@H](C(=O)OC(C)(C)C)N1C(C)=O. The van der Waals surface area contributed by atoms with Crippen molar-refractivity contribution >= 4 is 11.9 Å². The first-order valence-corrected chi connectivity index (χ1v) is 5.90. The van der Waals surface area contributed by atoms with Crippen molar-refractivity contribution in [3.05, 3.63) is 12.7 Å². The highest BCUT2D eigenvalue weighted by Crippen LogP contribution is 2.27. The summed E-state index contributed by atoms with van der Waals surface area (Å²) >= 11 is 0. The first-order valence-electron chi connectivity index (χ1n) is 5.90. The van der Waals surface area contributed by atoms with Crippen LogP contribution in [0, 0.1) is 0 Å². The van der Waals surface area contributed by atoms with Crippen LogP contribution in [-0.2, 0) is 14.3 Å². The van der Waals surface area contributed by atoms with Crippen molar-refractivity contribution < 1.29 is 14.3 Å². The van der Waals surface area contributed by atoms with Gasteiger partial charge in [-0.25, -0.2) is 4.79 Å². The van der Waals surface area contributed by atoms with Gasteiger partial charge in [-0.2, -0.15) is 0 Å². The molecule has 0 aromatic heterocycles. The summed E-state index contributed by atoms with van der Waals surface area (Å²) in [6.07, 6.45) is 3.13. The normalized spacial score (nSPS) is 24.6. The van der Waals surface area contributed by atoms with E-state index in [4.69, 9.17) is 4.74 Å². The van der Waals surface area contributed by atoms with Gasteiger partial charge < -0.3 is 9.64 Å². The second-order valence-electron chi connectivity index (χ2n) is 5.36. The Labute approximate surface area is 103 Å². The van der Waals surface area contributed by atoms with E-state index < -0.39 is 11.6 Å². The second kappa shape index (κ2) is 4.90. The molecule has 0 bridgehead atoms. The van der Waals surface area contributed by atoms with Crippen LogP contribution in [0.25, 0.3) is 0 Å². The molecule has 96 valence electrons. The first kappa shape index (κ1) is 13.7. The Hall–Kier alpha value is -1.32. The zero-order valence-electron chi connectivity index (χ0n) is 11.0. The molecule has 0 aromatic carbocycles. The smallest absolute Gasteiger partial charge is 0.329 e. The Morgan fingerprint density at radius 1 is 1.35 bits per heavy atom. The maximum absolute atomic E-state index is 12.0. The Morgan fingerprint density at radius 2 is 1.94 bits per heavy atom. The number of hydrogen-bond donors (Lipinski definition) is 0. The lowest BCUT2D eigenvalue weighted by Crippen LogP contribution is -2.45. The zero-order chi connectivity index (χ0) is 13.2. The van der Waals surface area contributed by atoms with Crippen LogP contribution < -0.4 is 0 Å². The molecule has 0 radical (unpaired) electrons.